The van der Waals surface area contributed by atoms with E-state index in [2.05, 4.69) is 32.2 Å². The van der Waals surface area contributed by atoms with Crippen molar-refractivity contribution in [3.63, 3.8) is 0 Å². The van der Waals surface area contributed by atoms with E-state index in [9.17, 15) is 4.79 Å². The zero-order valence-corrected chi connectivity index (χ0v) is 11.6. The number of benzene rings is 1. The Hall–Kier alpha value is -1.42. The average Bonchev–Trinajstić information content (AvgIpc) is 2.72. The fourth-order valence-electron chi connectivity index (χ4n) is 2.65. The molecule has 0 saturated heterocycles. The molecule has 1 aliphatic carbocycles. The molecular weight excluding hydrogens is 292 g/mol. The van der Waals surface area contributed by atoms with Crippen LogP contribution in [0.2, 0.25) is 0 Å². The van der Waals surface area contributed by atoms with Gasteiger partial charge in [0.2, 0.25) is 0 Å². The molecular formula is C14H13BrN2O. The molecule has 1 aliphatic rings. The lowest BCUT2D eigenvalue weighted by atomic mass is 9.82. The van der Waals surface area contributed by atoms with E-state index in [1.807, 2.05) is 25.1 Å². The van der Waals surface area contributed by atoms with Gasteiger partial charge in [0.05, 0.1) is 11.3 Å². The summed E-state index contributed by atoms with van der Waals surface area (Å²) >= 11 is 3.56. The molecule has 1 aromatic carbocycles. The second kappa shape index (κ2) is 4.35. The molecule has 3 rings (SSSR count). The maximum absolute atomic E-state index is 12.2. The highest BCUT2D eigenvalue weighted by molar-refractivity contribution is 9.10. The molecule has 2 aromatic rings. The van der Waals surface area contributed by atoms with Crippen LogP contribution in [-0.2, 0) is 6.42 Å². The van der Waals surface area contributed by atoms with Gasteiger partial charge in [0.1, 0.15) is 0 Å². The van der Waals surface area contributed by atoms with Crippen molar-refractivity contribution in [1.82, 2.24) is 10.2 Å². The van der Waals surface area contributed by atoms with Crippen LogP contribution in [0.15, 0.2) is 28.7 Å². The van der Waals surface area contributed by atoms with Gasteiger partial charge in [0.25, 0.3) is 0 Å². The summed E-state index contributed by atoms with van der Waals surface area (Å²) in [5.41, 5.74) is 3.79. The van der Waals surface area contributed by atoms with E-state index in [-0.39, 0.29) is 11.7 Å². The highest BCUT2D eigenvalue weighted by Gasteiger charge is 2.30. The first kappa shape index (κ1) is 11.7. The molecule has 4 heteroatoms. The van der Waals surface area contributed by atoms with Gasteiger partial charge in [-0.05, 0) is 30.9 Å². The number of aromatic amines is 1. The summed E-state index contributed by atoms with van der Waals surface area (Å²) in [6.45, 7) is 1.91. The molecule has 1 aromatic heterocycles. The van der Waals surface area contributed by atoms with Gasteiger partial charge in [0.15, 0.2) is 5.78 Å². The predicted molar refractivity (Wildman–Crippen MR) is 72.9 cm³/mol. The van der Waals surface area contributed by atoms with Gasteiger partial charge in [-0.2, -0.15) is 5.10 Å². The fraction of sp³-hybridized carbons (Fsp3) is 0.286. The normalized spacial score (nSPS) is 18.8. The SMILES string of the molecule is Cc1[nH]nc2c1C(=O)CC(c1ccccc1Br)C2. The summed E-state index contributed by atoms with van der Waals surface area (Å²) in [7, 11) is 0. The van der Waals surface area contributed by atoms with Crippen LogP contribution in [0.5, 0.6) is 0 Å². The molecule has 0 bridgehead atoms. The van der Waals surface area contributed by atoms with E-state index in [4.69, 9.17) is 0 Å². The number of H-pyrrole nitrogens is 1. The first-order valence-electron chi connectivity index (χ1n) is 5.98. The predicted octanol–water partition coefficient (Wildman–Crippen LogP) is 3.39. The Bertz CT molecular complexity index is 618. The Morgan fingerprint density at radius 2 is 2.11 bits per heavy atom. The smallest absolute Gasteiger partial charge is 0.167 e. The highest BCUT2D eigenvalue weighted by Crippen LogP contribution is 2.35. The Kier molecular flexibility index (Phi) is 2.82. The number of carbonyl (C=O) groups is 1. The molecule has 1 unspecified atom stereocenters. The maximum atomic E-state index is 12.2. The lowest BCUT2D eigenvalue weighted by Crippen LogP contribution is -2.19. The summed E-state index contributed by atoms with van der Waals surface area (Å²) < 4.78 is 1.07. The van der Waals surface area contributed by atoms with Crippen molar-refractivity contribution in [3.05, 3.63) is 51.3 Å². The standard InChI is InChI=1S/C14H13BrN2O/c1-8-14-12(17-16-8)6-9(7-13(14)18)10-4-2-3-5-11(10)15/h2-5,9H,6-7H2,1H3,(H,16,17). The van der Waals surface area contributed by atoms with Crippen molar-refractivity contribution < 1.29 is 4.79 Å². The number of aromatic nitrogens is 2. The van der Waals surface area contributed by atoms with Crippen LogP contribution >= 0.6 is 15.9 Å². The topological polar surface area (TPSA) is 45.8 Å². The molecule has 1 atom stereocenters. The number of nitrogens with one attached hydrogen (secondary N) is 1. The van der Waals surface area contributed by atoms with Crippen molar-refractivity contribution >= 4 is 21.7 Å². The summed E-state index contributed by atoms with van der Waals surface area (Å²) in [4.78, 5) is 12.2. The minimum atomic E-state index is 0.197. The van der Waals surface area contributed by atoms with E-state index in [1.165, 1.54) is 5.56 Å². The first-order chi connectivity index (χ1) is 8.66. The van der Waals surface area contributed by atoms with Crippen molar-refractivity contribution in [2.75, 3.05) is 0 Å². The summed E-state index contributed by atoms with van der Waals surface area (Å²) in [6, 6.07) is 8.09. The molecule has 0 amide bonds. The monoisotopic (exact) mass is 304 g/mol. The van der Waals surface area contributed by atoms with E-state index in [1.54, 1.807) is 0 Å². The number of rotatable bonds is 1. The van der Waals surface area contributed by atoms with Crippen LogP contribution in [0.1, 0.15) is 39.6 Å². The average molecular weight is 305 g/mol. The van der Waals surface area contributed by atoms with Crippen LogP contribution in [-0.4, -0.2) is 16.0 Å². The summed E-state index contributed by atoms with van der Waals surface area (Å²) in [6.07, 6.45) is 1.39. The summed E-state index contributed by atoms with van der Waals surface area (Å²) in [5, 5.41) is 7.16. The Balaban J connectivity index is 2.00. The third-order valence-electron chi connectivity index (χ3n) is 3.52. The number of aryl methyl sites for hydroxylation is 1. The largest absolute Gasteiger partial charge is 0.294 e. The van der Waals surface area contributed by atoms with Gasteiger partial charge < -0.3 is 0 Å². The lowest BCUT2D eigenvalue weighted by Gasteiger charge is -2.22. The van der Waals surface area contributed by atoms with Gasteiger partial charge in [0, 0.05) is 16.6 Å². The highest BCUT2D eigenvalue weighted by atomic mass is 79.9. The van der Waals surface area contributed by atoms with Crippen molar-refractivity contribution in [2.45, 2.75) is 25.7 Å². The molecule has 0 fully saturated rings. The van der Waals surface area contributed by atoms with Gasteiger partial charge in [-0.15, -0.1) is 0 Å². The van der Waals surface area contributed by atoms with Crippen molar-refractivity contribution in [2.24, 2.45) is 0 Å². The van der Waals surface area contributed by atoms with Gasteiger partial charge in [-0.1, -0.05) is 34.1 Å². The molecule has 1 heterocycles. The van der Waals surface area contributed by atoms with E-state index >= 15 is 0 Å². The minimum absolute atomic E-state index is 0.197. The van der Waals surface area contributed by atoms with E-state index in [0.717, 1.165) is 27.8 Å². The fourth-order valence-corrected chi connectivity index (χ4v) is 3.26. The zero-order valence-electron chi connectivity index (χ0n) is 10.0. The Labute approximate surface area is 114 Å². The van der Waals surface area contributed by atoms with Gasteiger partial charge in [-0.25, -0.2) is 0 Å². The number of hydrogen-bond acceptors (Lipinski definition) is 2. The molecule has 18 heavy (non-hydrogen) atoms. The Morgan fingerprint density at radius 1 is 1.33 bits per heavy atom. The maximum Gasteiger partial charge on any atom is 0.167 e. The molecule has 1 N–H and O–H groups in total. The number of ketones is 1. The third kappa shape index (κ3) is 1.81. The third-order valence-corrected chi connectivity index (χ3v) is 4.24. The Morgan fingerprint density at radius 3 is 2.89 bits per heavy atom. The van der Waals surface area contributed by atoms with Crippen LogP contribution in [0.3, 0.4) is 0 Å². The lowest BCUT2D eigenvalue weighted by molar-refractivity contribution is 0.0963. The molecule has 92 valence electrons. The number of fused-ring (bicyclic) bond motifs is 1. The quantitative estimate of drug-likeness (QED) is 0.877. The van der Waals surface area contributed by atoms with Crippen LogP contribution in [0.4, 0.5) is 0 Å². The number of Topliss-reactive ketones (excluding diaryl/α,β-unsaturated/α-hetero) is 1. The number of halogens is 1. The first-order valence-corrected chi connectivity index (χ1v) is 6.77. The van der Waals surface area contributed by atoms with E-state index in [0.29, 0.717) is 6.42 Å². The van der Waals surface area contributed by atoms with Gasteiger partial charge in [-0.3, -0.25) is 9.89 Å². The molecule has 0 saturated carbocycles. The number of carbonyl (C=O) groups excluding carboxylic acids is 1. The number of hydrogen-bond donors (Lipinski definition) is 1. The van der Waals surface area contributed by atoms with Crippen LogP contribution in [0, 0.1) is 6.92 Å². The van der Waals surface area contributed by atoms with Gasteiger partial charge >= 0.3 is 0 Å². The van der Waals surface area contributed by atoms with Crippen molar-refractivity contribution in [3.8, 4) is 0 Å². The second-order valence-electron chi connectivity index (χ2n) is 4.72. The van der Waals surface area contributed by atoms with Crippen LogP contribution < -0.4 is 0 Å². The minimum Gasteiger partial charge on any atom is -0.294 e. The number of nitrogens with zero attached hydrogens (tertiary/aromatic N) is 1. The van der Waals surface area contributed by atoms with Crippen LogP contribution in [0.25, 0.3) is 0 Å². The molecule has 0 spiro atoms. The van der Waals surface area contributed by atoms with E-state index < -0.39 is 0 Å². The zero-order chi connectivity index (χ0) is 12.7. The summed E-state index contributed by atoms with van der Waals surface area (Å²) in [5.74, 6) is 0.423. The molecule has 0 aliphatic heterocycles. The molecule has 0 radical (unpaired) electrons. The second-order valence-corrected chi connectivity index (χ2v) is 5.57. The van der Waals surface area contributed by atoms with Crippen molar-refractivity contribution in [1.29, 1.82) is 0 Å². The molecule has 3 nitrogen and oxygen atoms in total.